The highest BCUT2D eigenvalue weighted by Gasteiger charge is 2.19. The normalized spacial score (nSPS) is 11.2. The summed E-state index contributed by atoms with van der Waals surface area (Å²) < 4.78 is 8.67. The van der Waals surface area contributed by atoms with Crippen molar-refractivity contribution in [3.8, 4) is 5.75 Å². The van der Waals surface area contributed by atoms with Gasteiger partial charge in [-0.3, -0.25) is 14.0 Å². The lowest BCUT2D eigenvalue weighted by molar-refractivity contribution is 0.0969. The zero-order chi connectivity index (χ0) is 16.0. The van der Waals surface area contributed by atoms with Gasteiger partial charge >= 0.3 is 0 Å². The first-order valence-electron chi connectivity index (χ1n) is 7.30. The summed E-state index contributed by atoms with van der Waals surface area (Å²) in [5.74, 6) is 0.650. The number of methoxy groups -OCH3 is 1. The van der Waals surface area contributed by atoms with Gasteiger partial charge in [-0.1, -0.05) is 18.2 Å². The van der Waals surface area contributed by atoms with Crippen LogP contribution in [0.1, 0.15) is 10.4 Å². The Balaban J connectivity index is 1.97. The molecule has 0 spiro atoms. The summed E-state index contributed by atoms with van der Waals surface area (Å²) in [5.41, 5.74) is 3.27. The van der Waals surface area contributed by atoms with Crippen molar-refractivity contribution in [1.29, 1.82) is 0 Å². The highest BCUT2D eigenvalue weighted by Crippen LogP contribution is 2.29. The van der Waals surface area contributed by atoms with E-state index in [0.29, 0.717) is 5.56 Å². The summed E-state index contributed by atoms with van der Waals surface area (Å²) in [6, 6.07) is 15.0. The molecule has 114 valence electrons. The maximum absolute atomic E-state index is 13.0. The number of carbonyl (C=O) groups is 1. The Morgan fingerprint density at radius 1 is 1.04 bits per heavy atom. The molecule has 5 nitrogen and oxygen atoms in total. The van der Waals surface area contributed by atoms with E-state index in [0.717, 1.165) is 27.7 Å². The summed E-state index contributed by atoms with van der Waals surface area (Å²) in [4.78, 5) is 13.0. The Kier molecular flexibility index (Phi) is 2.94. The standard InChI is InChI=1S/C18H15N3O2/c1-20-17-14-5-3-4-6-15(14)21(16(17)11-19-20)18(22)12-7-9-13(23-2)10-8-12/h3-11H,1-2H3. The molecule has 0 aliphatic rings. The highest BCUT2D eigenvalue weighted by molar-refractivity contribution is 6.15. The van der Waals surface area contributed by atoms with E-state index in [1.165, 1.54) is 0 Å². The first-order valence-corrected chi connectivity index (χ1v) is 7.30. The molecule has 0 aliphatic carbocycles. The molecule has 0 radical (unpaired) electrons. The molecule has 0 aliphatic heterocycles. The van der Waals surface area contributed by atoms with E-state index in [4.69, 9.17) is 4.74 Å². The average molecular weight is 305 g/mol. The summed E-state index contributed by atoms with van der Waals surface area (Å²) >= 11 is 0. The Bertz CT molecular complexity index is 1030. The number of carbonyl (C=O) groups excluding carboxylic acids is 1. The molecular formula is C18H15N3O2. The SMILES string of the molecule is COc1ccc(C(=O)n2c3ccccc3c3c2cnn3C)cc1. The fourth-order valence-corrected chi connectivity index (χ4v) is 2.98. The second kappa shape index (κ2) is 4.98. The second-order valence-electron chi connectivity index (χ2n) is 5.39. The average Bonchev–Trinajstić information content (AvgIpc) is 3.12. The van der Waals surface area contributed by atoms with Crippen LogP contribution in [-0.4, -0.2) is 27.4 Å². The van der Waals surface area contributed by atoms with E-state index in [9.17, 15) is 4.79 Å². The number of ether oxygens (including phenoxy) is 1. The molecule has 0 unspecified atom stereocenters. The molecule has 4 rings (SSSR count). The molecule has 23 heavy (non-hydrogen) atoms. The molecular weight excluding hydrogens is 290 g/mol. The number of rotatable bonds is 2. The van der Waals surface area contributed by atoms with Crippen LogP contribution in [0.2, 0.25) is 0 Å². The van der Waals surface area contributed by atoms with Crippen molar-refractivity contribution in [2.24, 2.45) is 7.05 Å². The Morgan fingerprint density at radius 3 is 2.52 bits per heavy atom. The third kappa shape index (κ3) is 1.93. The number of aryl methyl sites for hydroxylation is 1. The molecule has 0 N–H and O–H groups in total. The van der Waals surface area contributed by atoms with Crippen LogP contribution in [0.25, 0.3) is 21.9 Å². The number of para-hydroxylation sites is 1. The third-order valence-corrected chi connectivity index (χ3v) is 4.10. The minimum absolute atomic E-state index is 0.0770. The van der Waals surface area contributed by atoms with Gasteiger partial charge in [0.1, 0.15) is 5.75 Å². The van der Waals surface area contributed by atoms with Crippen molar-refractivity contribution in [3.63, 3.8) is 0 Å². The minimum Gasteiger partial charge on any atom is -0.497 e. The number of nitrogens with zero attached hydrogens (tertiary/aromatic N) is 3. The first kappa shape index (κ1) is 13.6. The van der Waals surface area contributed by atoms with Crippen LogP contribution in [0.3, 0.4) is 0 Å². The maximum atomic E-state index is 13.0. The maximum Gasteiger partial charge on any atom is 0.262 e. The molecule has 5 heteroatoms. The van der Waals surface area contributed by atoms with Crippen LogP contribution in [0, 0.1) is 0 Å². The van der Waals surface area contributed by atoms with Gasteiger partial charge in [-0.25, -0.2) is 0 Å². The van der Waals surface area contributed by atoms with Crippen molar-refractivity contribution >= 4 is 27.8 Å². The van der Waals surface area contributed by atoms with E-state index in [1.54, 1.807) is 46.8 Å². The molecule has 0 atom stereocenters. The van der Waals surface area contributed by atoms with Gasteiger partial charge in [0.2, 0.25) is 0 Å². The van der Waals surface area contributed by atoms with Gasteiger partial charge in [0.25, 0.3) is 5.91 Å². The molecule has 4 aromatic rings. The molecule has 0 fully saturated rings. The van der Waals surface area contributed by atoms with Crippen molar-refractivity contribution < 1.29 is 9.53 Å². The topological polar surface area (TPSA) is 49.1 Å². The third-order valence-electron chi connectivity index (χ3n) is 4.10. The molecule has 2 heterocycles. The van der Waals surface area contributed by atoms with Crippen molar-refractivity contribution in [1.82, 2.24) is 14.3 Å². The predicted molar refractivity (Wildman–Crippen MR) is 88.9 cm³/mol. The van der Waals surface area contributed by atoms with Crippen LogP contribution >= 0.6 is 0 Å². The van der Waals surface area contributed by atoms with Crippen LogP contribution in [0.4, 0.5) is 0 Å². The van der Waals surface area contributed by atoms with Crippen LogP contribution in [0.15, 0.2) is 54.7 Å². The van der Waals surface area contributed by atoms with Crippen molar-refractivity contribution in [2.75, 3.05) is 7.11 Å². The Labute approximate surface area is 132 Å². The van der Waals surface area contributed by atoms with E-state index in [1.807, 2.05) is 31.3 Å². The van der Waals surface area contributed by atoms with Crippen molar-refractivity contribution in [3.05, 3.63) is 60.3 Å². The second-order valence-corrected chi connectivity index (χ2v) is 5.39. The van der Waals surface area contributed by atoms with E-state index < -0.39 is 0 Å². The lowest BCUT2D eigenvalue weighted by Gasteiger charge is -2.06. The van der Waals surface area contributed by atoms with Crippen molar-refractivity contribution in [2.45, 2.75) is 0 Å². The summed E-state index contributed by atoms with van der Waals surface area (Å²) in [7, 11) is 3.49. The molecule has 0 amide bonds. The lowest BCUT2D eigenvalue weighted by Crippen LogP contribution is -2.11. The highest BCUT2D eigenvalue weighted by atomic mass is 16.5. The van der Waals surface area contributed by atoms with E-state index >= 15 is 0 Å². The fourth-order valence-electron chi connectivity index (χ4n) is 2.98. The molecule has 0 saturated carbocycles. The van der Waals surface area contributed by atoms with E-state index in [-0.39, 0.29) is 5.91 Å². The number of hydrogen-bond acceptors (Lipinski definition) is 3. The van der Waals surface area contributed by atoms with Gasteiger partial charge < -0.3 is 4.74 Å². The lowest BCUT2D eigenvalue weighted by atomic mass is 10.2. The number of aromatic nitrogens is 3. The molecule has 0 bridgehead atoms. The van der Waals surface area contributed by atoms with Gasteiger partial charge in [0.05, 0.1) is 29.9 Å². The predicted octanol–water partition coefficient (Wildman–Crippen LogP) is 3.23. The quantitative estimate of drug-likeness (QED) is 0.571. The number of fused-ring (bicyclic) bond motifs is 3. The van der Waals surface area contributed by atoms with Crippen LogP contribution in [-0.2, 0) is 7.05 Å². The summed E-state index contributed by atoms with van der Waals surface area (Å²) in [6.07, 6.45) is 1.73. The van der Waals surface area contributed by atoms with Gasteiger partial charge in [-0.15, -0.1) is 0 Å². The number of benzene rings is 2. The molecule has 2 aromatic carbocycles. The smallest absolute Gasteiger partial charge is 0.262 e. The van der Waals surface area contributed by atoms with E-state index in [2.05, 4.69) is 5.10 Å². The molecule has 0 saturated heterocycles. The zero-order valence-corrected chi connectivity index (χ0v) is 12.9. The van der Waals surface area contributed by atoms with Gasteiger partial charge in [-0.05, 0) is 30.3 Å². The number of hydrogen-bond donors (Lipinski definition) is 0. The minimum atomic E-state index is -0.0770. The zero-order valence-electron chi connectivity index (χ0n) is 12.9. The van der Waals surface area contributed by atoms with Gasteiger partial charge in [0.15, 0.2) is 0 Å². The largest absolute Gasteiger partial charge is 0.497 e. The fraction of sp³-hybridized carbons (Fsp3) is 0.111. The molecule has 2 aromatic heterocycles. The summed E-state index contributed by atoms with van der Waals surface area (Å²) in [5, 5.41) is 5.31. The Hall–Kier alpha value is -3.08. The monoisotopic (exact) mass is 305 g/mol. The summed E-state index contributed by atoms with van der Waals surface area (Å²) in [6.45, 7) is 0. The van der Waals surface area contributed by atoms with Crippen LogP contribution in [0.5, 0.6) is 5.75 Å². The first-order chi connectivity index (χ1) is 11.2. The van der Waals surface area contributed by atoms with Gasteiger partial charge in [0, 0.05) is 18.0 Å². The van der Waals surface area contributed by atoms with Gasteiger partial charge in [-0.2, -0.15) is 5.10 Å². The van der Waals surface area contributed by atoms with Crippen LogP contribution < -0.4 is 4.74 Å². The Morgan fingerprint density at radius 2 is 1.78 bits per heavy atom.